The molecule has 35 heavy (non-hydrogen) atoms. The highest BCUT2D eigenvalue weighted by atomic mass is 16.7. The molecule has 13 nitrogen and oxygen atoms in total. The number of benzene rings is 1. The average molecular weight is 485 g/mol. The molecular formula is C22H23N5O8. The Morgan fingerprint density at radius 1 is 1.06 bits per heavy atom. The van der Waals surface area contributed by atoms with Gasteiger partial charge in [0.2, 0.25) is 5.95 Å². The van der Waals surface area contributed by atoms with E-state index >= 15 is 0 Å². The van der Waals surface area contributed by atoms with Gasteiger partial charge in [-0.3, -0.25) is 28.7 Å². The number of H-pyrrole nitrogens is 1. The minimum atomic E-state index is -1.14. The number of imidazole rings is 1. The van der Waals surface area contributed by atoms with Gasteiger partial charge in [-0.05, 0) is 12.1 Å². The van der Waals surface area contributed by atoms with Crippen molar-refractivity contribution in [2.24, 2.45) is 0 Å². The predicted molar refractivity (Wildman–Crippen MR) is 120 cm³/mol. The summed E-state index contributed by atoms with van der Waals surface area (Å²) in [7, 11) is 0. The maximum atomic E-state index is 12.7. The van der Waals surface area contributed by atoms with Gasteiger partial charge in [-0.1, -0.05) is 18.2 Å². The van der Waals surface area contributed by atoms with Gasteiger partial charge in [0.15, 0.2) is 29.6 Å². The first kappa shape index (κ1) is 23.9. The molecule has 0 radical (unpaired) electrons. The summed E-state index contributed by atoms with van der Waals surface area (Å²) in [6.07, 6.45) is -2.98. The lowest BCUT2D eigenvalue weighted by Gasteiger charge is -2.23. The van der Waals surface area contributed by atoms with Crippen molar-refractivity contribution < 1.29 is 33.3 Å². The maximum Gasteiger partial charge on any atom is 0.303 e. The van der Waals surface area contributed by atoms with Gasteiger partial charge in [-0.25, -0.2) is 4.98 Å². The van der Waals surface area contributed by atoms with E-state index < -0.39 is 48.0 Å². The molecule has 2 N–H and O–H groups in total. The number of esters is 3. The summed E-state index contributed by atoms with van der Waals surface area (Å²) in [5.41, 5.74) is 0.319. The fraction of sp³-hybridized carbons (Fsp3) is 0.364. The van der Waals surface area contributed by atoms with E-state index in [2.05, 4.69) is 20.3 Å². The molecular weight excluding hydrogens is 462 g/mol. The van der Waals surface area contributed by atoms with E-state index in [0.717, 1.165) is 0 Å². The number of rotatable bonds is 7. The summed E-state index contributed by atoms with van der Waals surface area (Å²) < 4.78 is 23.3. The largest absolute Gasteiger partial charge is 0.463 e. The lowest BCUT2D eigenvalue weighted by atomic mass is 10.1. The van der Waals surface area contributed by atoms with Crippen LogP contribution in [0, 0.1) is 0 Å². The summed E-state index contributed by atoms with van der Waals surface area (Å²) in [5, 5.41) is 3.00. The first-order chi connectivity index (χ1) is 16.7. The third kappa shape index (κ3) is 5.30. The number of carbonyl (C=O) groups excluding carboxylic acids is 3. The molecule has 3 aromatic rings. The minimum absolute atomic E-state index is 0.0151. The molecule has 1 aromatic carbocycles. The molecule has 184 valence electrons. The van der Waals surface area contributed by atoms with Crippen LogP contribution in [-0.2, 0) is 33.3 Å². The summed E-state index contributed by atoms with van der Waals surface area (Å²) in [6, 6.07) is 9.07. The van der Waals surface area contributed by atoms with Crippen molar-refractivity contribution in [3.63, 3.8) is 0 Å². The van der Waals surface area contributed by atoms with Crippen LogP contribution < -0.4 is 10.9 Å². The zero-order chi connectivity index (χ0) is 25.1. The summed E-state index contributed by atoms with van der Waals surface area (Å²) >= 11 is 0. The molecule has 1 fully saturated rings. The number of fused-ring (bicyclic) bond motifs is 1. The van der Waals surface area contributed by atoms with E-state index in [9.17, 15) is 19.2 Å². The summed E-state index contributed by atoms with van der Waals surface area (Å²) in [4.78, 5) is 58.9. The maximum absolute atomic E-state index is 12.7. The highest BCUT2D eigenvalue weighted by molar-refractivity contribution is 5.72. The first-order valence-electron chi connectivity index (χ1n) is 10.6. The van der Waals surface area contributed by atoms with Gasteiger partial charge in [0, 0.05) is 26.5 Å². The second-order valence-corrected chi connectivity index (χ2v) is 7.75. The molecule has 4 atom stereocenters. The molecule has 1 aliphatic heterocycles. The number of anilines is 2. The Morgan fingerprint density at radius 2 is 1.74 bits per heavy atom. The van der Waals surface area contributed by atoms with Gasteiger partial charge >= 0.3 is 17.9 Å². The smallest absolute Gasteiger partial charge is 0.303 e. The van der Waals surface area contributed by atoms with Crippen LogP contribution in [0.15, 0.2) is 41.5 Å². The van der Waals surface area contributed by atoms with Crippen molar-refractivity contribution in [2.75, 3.05) is 11.9 Å². The van der Waals surface area contributed by atoms with Crippen molar-refractivity contribution in [3.05, 3.63) is 47.0 Å². The predicted octanol–water partition coefficient (Wildman–Crippen LogP) is 1.19. The van der Waals surface area contributed by atoms with Crippen molar-refractivity contribution in [1.29, 1.82) is 0 Å². The third-order valence-electron chi connectivity index (χ3n) is 5.08. The second-order valence-electron chi connectivity index (χ2n) is 7.75. The molecule has 0 spiro atoms. The Labute approximate surface area is 198 Å². The third-order valence-corrected chi connectivity index (χ3v) is 5.08. The van der Waals surface area contributed by atoms with Crippen molar-refractivity contribution in [1.82, 2.24) is 19.5 Å². The van der Waals surface area contributed by atoms with E-state index in [0.29, 0.717) is 5.69 Å². The van der Waals surface area contributed by atoms with Crippen LogP contribution >= 0.6 is 0 Å². The quantitative estimate of drug-likeness (QED) is 0.365. The van der Waals surface area contributed by atoms with E-state index in [1.807, 2.05) is 18.2 Å². The Bertz CT molecular complexity index is 1300. The van der Waals surface area contributed by atoms with Gasteiger partial charge in [0.1, 0.15) is 12.7 Å². The van der Waals surface area contributed by atoms with Crippen LogP contribution in [0.4, 0.5) is 11.6 Å². The fourth-order valence-corrected chi connectivity index (χ4v) is 3.75. The number of nitrogens with one attached hydrogen (secondary N) is 2. The zero-order valence-corrected chi connectivity index (χ0v) is 19.1. The van der Waals surface area contributed by atoms with E-state index in [1.54, 1.807) is 12.1 Å². The Balaban J connectivity index is 1.74. The lowest BCUT2D eigenvalue weighted by molar-refractivity contribution is -0.166. The summed E-state index contributed by atoms with van der Waals surface area (Å²) in [5.74, 6) is -1.73. The van der Waals surface area contributed by atoms with Crippen LogP contribution in [0.25, 0.3) is 11.2 Å². The van der Waals surface area contributed by atoms with Crippen LogP contribution in [0.1, 0.15) is 27.0 Å². The van der Waals surface area contributed by atoms with Gasteiger partial charge in [0.25, 0.3) is 5.56 Å². The van der Waals surface area contributed by atoms with Gasteiger partial charge in [-0.2, -0.15) is 4.98 Å². The molecule has 1 aliphatic rings. The van der Waals surface area contributed by atoms with Crippen LogP contribution in [0.2, 0.25) is 0 Å². The molecule has 0 saturated carbocycles. The van der Waals surface area contributed by atoms with Crippen LogP contribution in [0.5, 0.6) is 0 Å². The van der Waals surface area contributed by atoms with E-state index in [4.69, 9.17) is 18.9 Å². The van der Waals surface area contributed by atoms with E-state index in [-0.39, 0.29) is 23.7 Å². The number of carbonyl (C=O) groups is 3. The number of nitrogens with zero attached hydrogens (tertiary/aromatic N) is 3. The van der Waals surface area contributed by atoms with Gasteiger partial charge in [0.05, 0.1) is 6.33 Å². The highest BCUT2D eigenvalue weighted by Gasteiger charge is 2.51. The molecule has 0 bridgehead atoms. The van der Waals surface area contributed by atoms with Crippen molar-refractivity contribution in [3.8, 4) is 0 Å². The minimum Gasteiger partial charge on any atom is -0.463 e. The SMILES string of the molecule is CC(=O)OC[C@H]1O[C@@H](n2cnc3c(=O)[nH]c(Nc4ccccc4)nc32)[C@H](OC(C)=O)[C@@H]1OC(C)=O. The number of para-hydroxylation sites is 1. The molecule has 0 amide bonds. The van der Waals surface area contributed by atoms with Crippen molar-refractivity contribution in [2.45, 2.75) is 45.3 Å². The van der Waals surface area contributed by atoms with Crippen LogP contribution in [-0.4, -0.2) is 62.3 Å². The number of ether oxygens (including phenoxy) is 4. The molecule has 1 saturated heterocycles. The normalized spacial score (nSPS) is 21.5. The first-order valence-corrected chi connectivity index (χ1v) is 10.6. The van der Waals surface area contributed by atoms with Crippen molar-refractivity contribution >= 4 is 40.7 Å². The number of aromatic nitrogens is 4. The Kier molecular flexibility index (Phi) is 6.78. The Morgan fingerprint density at radius 3 is 2.40 bits per heavy atom. The highest BCUT2D eigenvalue weighted by Crippen LogP contribution is 2.35. The lowest BCUT2D eigenvalue weighted by Crippen LogP contribution is -2.40. The molecule has 2 aromatic heterocycles. The molecule has 0 unspecified atom stereocenters. The average Bonchev–Trinajstić information content (AvgIpc) is 3.34. The Hall–Kier alpha value is -4.26. The molecule has 0 aliphatic carbocycles. The summed E-state index contributed by atoms with van der Waals surface area (Å²) in [6.45, 7) is 3.34. The molecule has 3 heterocycles. The van der Waals surface area contributed by atoms with Crippen LogP contribution in [0.3, 0.4) is 0 Å². The zero-order valence-electron chi connectivity index (χ0n) is 19.1. The fourth-order valence-electron chi connectivity index (χ4n) is 3.75. The molecule has 4 rings (SSSR count). The monoisotopic (exact) mass is 485 g/mol. The van der Waals surface area contributed by atoms with Gasteiger partial charge in [-0.15, -0.1) is 0 Å². The topological polar surface area (TPSA) is 164 Å². The number of aromatic amines is 1. The number of hydrogen-bond acceptors (Lipinski definition) is 11. The second kappa shape index (κ2) is 9.93. The van der Waals surface area contributed by atoms with Gasteiger partial charge < -0.3 is 24.3 Å². The molecule has 13 heteroatoms. The standard InChI is InChI=1S/C22H23N5O8/c1-11(28)32-9-15-17(33-12(2)29)18(34-13(3)30)21(35-15)27-10-23-16-19(27)25-22(26-20(16)31)24-14-7-5-4-6-8-14/h4-8,10,15,17-18,21H,9H2,1-3H3,(H2,24,25,26,31)/t15-,17-,18-,21-/m1/s1. The number of hydrogen-bond donors (Lipinski definition) is 2. The van der Waals surface area contributed by atoms with E-state index in [1.165, 1.54) is 31.7 Å².